The van der Waals surface area contributed by atoms with Gasteiger partial charge in [-0.25, -0.2) is 17.1 Å². The fourth-order valence-electron chi connectivity index (χ4n) is 6.67. The Hall–Kier alpha value is -1.73. The van der Waals surface area contributed by atoms with E-state index in [1.165, 1.54) is 61.0 Å². The Morgan fingerprint density at radius 2 is 1.77 bits per heavy atom. The second kappa shape index (κ2) is 7.69. The van der Waals surface area contributed by atoms with E-state index in [1.807, 2.05) is 0 Å². The van der Waals surface area contributed by atoms with Gasteiger partial charge in [0.15, 0.2) is 5.78 Å². The fraction of sp³-hybridized carbons (Fsp3) is 0.625. The first-order valence-electron chi connectivity index (χ1n) is 11.4. The summed E-state index contributed by atoms with van der Waals surface area (Å²) in [6, 6.07) is 2.60. The van der Waals surface area contributed by atoms with Crippen molar-refractivity contribution in [1.82, 2.24) is 4.31 Å². The molecule has 0 N–H and O–H groups in total. The molecule has 1 saturated heterocycles. The van der Waals surface area contributed by atoms with Crippen molar-refractivity contribution < 1.29 is 22.3 Å². The van der Waals surface area contributed by atoms with E-state index in [4.69, 9.17) is 4.74 Å². The SMILES string of the molecule is C=Cc1cc(C(=O)CS(=O)(=O)N2CCC2)c(F)cc1OCC12CC3CC(CC(C3)C1)C2. The topological polar surface area (TPSA) is 63.7 Å². The molecule has 5 aliphatic rings. The van der Waals surface area contributed by atoms with Gasteiger partial charge in [-0.1, -0.05) is 12.7 Å². The summed E-state index contributed by atoms with van der Waals surface area (Å²) < 4.78 is 46.8. The Bertz CT molecular complexity index is 979. The maximum Gasteiger partial charge on any atom is 0.221 e. The largest absolute Gasteiger partial charge is 0.492 e. The van der Waals surface area contributed by atoms with E-state index in [0.29, 0.717) is 31.0 Å². The van der Waals surface area contributed by atoms with Crippen LogP contribution in [-0.2, 0) is 10.0 Å². The normalized spacial score (nSPS) is 32.0. The van der Waals surface area contributed by atoms with Crippen LogP contribution in [0.25, 0.3) is 6.08 Å². The standard InChI is InChI=1S/C24H30FNO4S/c1-2-19-9-20(22(27)14-31(28,29)26-4-3-5-26)21(25)10-23(19)30-15-24-11-16-6-17(12-24)8-18(7-16)13-24/h2,9-10,16-18H,1,3-8,11-15H2. The summed E-state index contributed by atoms with van der Waals surface area (Å²) in [5.41, 5.74) is 0.487. The molecule has 5 nitrogen and oxygen atoms in total. The Balaban J connectivity index is 1.32. The molecule has 0 aromatic heterocycles. The molecule has 5 fully saturated rings. The van der Waals surface area contributed by atoms with Gasteiger partial charge in [-0.05, 0) is 68.8 Å². The van der Waals surface area contributed by atoms with Gasteiger partial charge in [-0.15, -0.1) is 0 Å². The van der Waals surface area contributed by atoms with Gasteiger partial charge in [-0.3, -0.25) is 4.79 Å². The van der Waals surface area contributed by atoms with Crippen molar-refractivity contribution in [3.63, 3.8) is 0 Å². The van der Waals surface area contributed by atoms with Crippen LogP contribution < -0.4 is 4.74 Å². The van der Waals surface area contributed by atoms with Crippen LogP contribution in [0.3, 0.4) is 0 Å². The molecule has 7 heteroatoms. The minimum absolute atomic E-state index is 0.184. The van der Waals surface area contributed by atoms with Gasteiger partial charge in [-0.2, -0.15) is 0 Å². The number of ether oxygens (including phenoxy) is 1. The first-order valence-corrected chi connectivity index (χ1v) is 13.0. The minimum atomic E-state index is -3.69. The summed E-state index contributed by atoms with van der Waals surface area (Å²) in [6.07, 6.45) is 9.95. The summed E-state index contributed by atoms with van der Waals surface area (Å²) in [6.45, 7) is 5.19. The third kappa shape index (κ3) is 3.95. The summed E-state index contributed by atoms with van der Waals surface area (Å²) in [7, 11) is -3.69. The summed E-state index contributed by atoms with van der Waals surface area (Å²) in [4.78, 5) is 12.6. The smallest absolute Gasteiger partial charge is 0.221 e. The molecule has 0 amide bonds. The average Bonchev–Trinajstić information content (AvgIpc) is 2.63. The lowest BCUT2D eigenvalue weighted by Crippen LogP contribution is -2.48. The molecule has 0 atom stereocenters. The van der Waals surface area contributed by atoms with Gasteiger partial charge in [0.1, 0.15) is 17.3 Å². The van der Waals surface area contributed by atoms with Gasteiger partial charge in [0, 0.05) is 30.1 Å². The quantitative estimate of drug-likeness (QED) is 0.558. The van der Waals surface area contributed by atoms with Crippen LogP contribution >= 0.6 is 0 Å². The number of hydrogen-bond donors (Lipinski definition) is 0. The molecular formula is C24H30FNO4S. The van der Waals surface area contributed by atoms with E-state index in [1.54, 1.807) is 0 Å². The maximum absolute atomic E-state index is 14.8. The van der Waals surface area contributed by atoms with Gasteiger partial charge in [0.05, 0.1) is 12.2 Å². The fourth-order valence-corrected chi connectivity index (χ4v) is 8.15. The highest BCUT2D eigenvalue weighted by Crippen LogP contribution is 2.60. The molecule has 4 saturated carbocycles. The Morgan fingerprint density at radius 1 is 1.16 bits per heavy atom. The number of ketones is 1. The summed E-state index contributed by atoms with van der Waals surface area (Å²) in [5.74, 6) is 0.602. The summed E-state index contributed by atoms with van der Waals surface area (Å²) in [5, 5.41) is 0. The second-order valence-electron chi connectivity index (χ2n) is 10.2. The van der Waals surface area contributed by atoms with Crippen molar-refractivity contribution in [2.45, 2.75) is 44.9 Å². The number of nitrogens with zero attached hydrogens (tertiary/aromatic N) is 1. The average molecular weight is 448 g/mol. The van der Waals surface area contributed by atoms with E-state index >= 15 is 0 Å². The Morgan fingerprint density at radius 3 is 2.29 bits per heavy atom. The third-order valence-electron chi connectivity index (χ3n) is 7.84. The lowest BCUT2D eigenvalue weighted by molar-refractivity contribution is -0.0746. The van der Waals surface area contributed by atoms with Crippen LogP contribution in [-0.4, -0.2) is 44.0 Å². The number of halogens is 1. The van der Waals surface area contributed by atoms with Crippen molar-refractivity contribution >= 4 is 21.9 Å². The molecule has 168 valence electrons. The van der Waals surface area contributed by atoms with Crippen LogP contribution in [0.5, 0.6) is 5.75 Å². The molecular weight excluding hydrogens is 417 g/mol. The zero-order valence-electron chi connectivity index (χ0n) is 17.8. The molecule has 4 bridgehead atoms. The van der Waals surface area contributed by atoms with Crippen molar-refractivity contribution in [1.29, 1.82) is 0 Å². The predicted molar refractivity (Wildman–Crippen MR) is 117 cm³/mol. The number of Topliss-reactive ketones (excluding diaryl/α,β-unsaturated/α-hetero) is 1. The van der Waals surface area contributed by atoms with E-state index in [9.17, 15) is 17.6 Å². The van der Waals surface area contributed by atoms with Crippen molar-refractivity contribution in [3.05, 3.63) is 35.7 Å². The Kier molecular flexibility index (Phi) is 5.25. The van der Waals surface area contributed by atoms with E-state index in [2.05, 4.69) is 6.58 Å². The molecule has 4 aliphatic carbocycles. The van der Waals surface area contributed by atoms with Crippen LogP contribution in [0.4, 0.5) is 4.39 Å². The highest BCUT2D eigenvalue weighted by Gasteiger charge is 2.51. The minimum Gasteiger partial charge on any atom is -0.492 e. The molecule has 1 aromatic rings. The molecule has 0 spiro atoms. The van der Waals surface area contributed by atoms with Crippen LogP contribution in [0.1, 0.15) is 60.9 Å². The van der Waals surface area contributed by atoms with Crippen LogP contribution in [0.15, 0.2) is 18.7 Å². The monoisotopic (exact) mass is 447 g/mol. The lowest BCUT2D eigenvalue weighted by Gasteiger charge is -2.56. The lowest BCUT2D eigenvalue weighted by atomic mass is 9.50. The second-order valence-corrected chi connectivity index (χ2v) is 12.2. The molecule has 0 unspecified atom stereocenters. The van der Waals surface area contributed by atoms with Crippen molar-refractivity contribution in [3.8, 4) is 5.75 Å². The molecule has 1 aliphatic heterocycles. The predicted octanol–water partition coefficient (Wildman–Crippen LogP) is 4.28. The van der Waals surface area contributed by atoms with Crippen LogP contribution in [0, 0.1) is 29.0 Å². The molecule has 31 heavy (non-hydrogen) atoms. The first-order chi connectivity index (χ1) is 14.8. The number of carbonyl (C=O) groups excluding carboxylic acids is 1. The Labute approximate surface area is 183 Å². The third-order valence-corrected chi connectivity index (χ3v) is 9.62. The van der Waals surface area contributed by atoms with Gasteiger partial charge >= 0.3 is 0 Å². The number of benzene rings is 1. The van der Waals surface area contributed by atoms with E-state index in [-0.39, 0.29) is 11.0 Å². The number of rotatable bonds is 8. The van der Waals surface area contributed by atoms with Gasteiger partial charge in [0.25, 0.3) is 0 Å². The molecule has 6 rings (SSSR count). The number of sulfonamides is 1. The highest BCUT2D eigenvalue weighted by atomic mass is 32.2. The van der Waals surface area contributed by atoms with Gasteiger partial charge in [0.2, 0.25) is 10.0 Å². The van der Waals surface area contributed by atoms with E-state index < -0.39 is 27.4 Å². The number of hydrogen-bond acceptors (Lipinski definition) is 4. The maximum atomic E-state index is 14.8. The molecule has 1 aromatic carbocycles. The van der Waals surface area contributed by atoms with Crippen molar-refractivity contribution in [2.24, 2.45) is 23.2 Å². The van der Waals surface area contributed by atoms with Crippen molar-refractivity contribution in [2.75, 3.05) is 25.4 Å². The number of carbonyl (C=O) groups is 1. The van der Waals surface area contributed by atoms with E-state index in [0.717, 1.165) is 24.2 Å². The molecule has 1 heterocycles. The van der Waals surface area contributed by atoms with Crippen LogP contribution in [0.2, 0.25) is 0 Å². The molecule has 0 radical (unpaired) electrons. The zero-order valence-corrected chi connectivity index (χ0v) is 18.6. The first kappa shape index (κ1) is 21.1. The zero-order chi connectivity index (χ0) is 21.8. The summed E-state index contributed by atoms with van der Waals surface area (Å²) >= 11 is 0. The highest BCUT2D eigenvalue weighted by molar-refractivity contribution is 7.89. The van der Waals surface area contributed by atoms with Gasteiger partial charge < -0.3 is 4.74 Å².